The minimum atomic E-state index is -0.221. The smallest absolute Gasteiger partial charge is 0.330 e. The summed E-state index contributed by atoms with van der Waals surface area (Å²) < 4.78 is 16.2. The Morgan fingerprint density at radius 3 is 2.23 bits per heavy atom. The SMILES string of the molecule is COCc1ccccc1-c1cccc[n+]1C(OC)C1c2ccccc2-c2cccc[n+]21. The number of hydrogen-bond donors (Lipinski definition) is 0. The molecule has 4 nitrogen and oxygen atoms in total. The van der Waals surface area contributed by atoms with Gasteiger partial charge in [0.1, 0.15) is 0 Å². The van der Waals surface area contributed by atoms with Gasteiger partial charge in [0, 0.05) is 44.0 Å². The molecule has 0 saturated heterocycles. The lowest BCUT2D eigenvalue weighted by molar-refractivity contribution is -0.826. The molecule has 0 radical (unpaired) electrons. The van der Waals surface area contributed by atoms with Gasteiger partial charge >= 0.3 is 6.23 Å². The fourth-order valence-corrected chi connectivity index (χ4v) is 4.71. The van der Waals surface area contributed by atoms with Crippen LogP contribution in [0.5, 0.6) is 0 Å². The van der Waals surface area contributed by atoms with Gasteiger partial charge in [0.05, 0.1) is 17.7 Å². The Morgan fingerprint density at radius 1 is 0.742 bits per heavy atom. The molecule has 31 heavy (non-hydrogen) atoms. The average molecular weight is 411 g/mol. The number of methoxy groups -OCH3 is 2. The van der Waals surface area contributed by atoms with Gasteiger partial charge in [-0.1, -0.05) is 36.4 Å². The third-order valence-electron chi connectivity index (χ3n) is 6.01. The summed E-state index contributed by atoms with van der Waals surface area (Å²) in [5.74, 6) is 0. The summed E-state index contributed by atoms with van der Waals surface area (Å²) in [6.45, 7) is 0.562. The molecule has 5 rings (SSSR count). The van der Waals surface area contributed by atoms with Crippen molar-refractivity contribution in [1.29, 1.82) is 0 Å². The maximum absolute atomic E-state index is 6.21. The topological polar surface area (TPSA) is 26.2 Å². The van der Waals surface area contributed by atoms with Crippen molar-refractivity contribution in [2.75, 3.05) is 14.2 Å². The summed E-state index contributed by atoms with van der Waals surface area (Å²) in [6, 6.07) is 29.7. The molecular weight excluding hydrogens is 384 g/mol. The van der Waals surface area contributed by atoms with Gasteiger partial charge in [-0.15, -0.1) is 0 Å². The van der Waals surface area contributed by atoms with E-state index in [1.54, 1.807) is 14.2 Å². The molecule has 1 aliphatic rings. The molecular formula is C27H26N2O2+2. The summed E-state index contributed by atoms with van der Waals surface area (Å²) in [5, 5.41) is 0. The third-order valence-corrected chi connectivity index (χ3v) is 6.01. The van der Waals surface area contributed by atoms with Crippen LogP contribution in [0.1, 0.15) is 23.4 Å². The van der Waals surface area contributed by atoms with E-state index in [9.17, 15) is 0 Å². The molecule has 0 N–H and O–H groups in total. The number of hydrogen-bond acceptors (Lipinski definition) is 2. The number of benzene rings is 2. The normalized spacial score (nSPS) is 15.4. The molecule has 4 aromatic rings. The zero-order valence-corrected chi connectivity index (χ0v) is 17.8. The number of nitrogens with zero attached hydrogens (tertiary/aromatic N) is 2. The van der Waals surface area contributed by atoms with E-state index in [0.717, 1.165) is 16.8 Å². The van der Waals surface area contributed by atoms with Gasteiger partial charge < -0.3 is 9.47 Å². The highest BCUT2D eigenvalue weighted by molar-refractivity contribution is 5.64. The quantitative estimate of drug-likeness (QED) is 0.438. The standard InChI is InChI=1S/C27H26N2O2/c1-30-19-20-11-3-4-12-21(20)24-15-8-10-18-29(24)27(31-2)26-23-14-6-5-13-22(23)25-16-7-9-17-28(25)26/h3-18,26-27H,19H2,1-2H3/q+2. The van der Waals surface area contributed by atoms with Crippen LogP contribution in [-0.4, -0.2) is 14.2 Å². The summed E-state index contributed by atoms with van der Waals surface area (Å²) in [7, 11) is 3.52. The molecule has 154 valence electrons. The predicted octanol–water partition coefficient (Wildman–Crippen LogP) is 4.49. The Bertz CT molecular complexity index is 1180. The highest BCUT2D eigenvalue weighted by Gasteiger charge is 2.47. The first-order valence-corrected chi connectivity index (χ1v) is 10.5. The molecule has 0 saturated carbocycles. The summed E-state index contributed by atoms with van der Waals surface area (Å²) in [5.41, 5.74) is 7.14. The van der Waals surface area contributed by atoms with Gasteiger partial charge in [0.2, 0.25) is 11.4 Å². The number of ether oxygens (including phenoxy) is 2. The molecule has 0 spiro atoms. The molecule has 0 bridgehead atoms. The van der Waals surface area contributed by atoms with Crippen molar-refractivity contribution in [2.24, 2.45) is 0 Å². The van der Waals surface area contributed by atoms with E-state index in [4.69, 9.17) is 9.47 Å². The molecule has 2 aromatic heterocycles. The van der Waals surface area contributed by atoms with Crippen LogP contribution in [0.15, 0.2) is 97.3 Å². The fraction of sp³-hybridized carbons (Fsp3) is 0.185. The van der Waals surface area contributed by atoms with Gasteiger partial charge in [-0.3, -0.25) is 0 Å². The molecule has 2 unspecified atom stereocenters. The van der Waals surface area contributed by atoms with E-state index >= 15 is 0 Å². The second-order valence-electron chi connectivity index (χ2n) is 7.73. The van der Waals surface area contributed by atoms with Gasteiger partial charge in [-0.05, 0) is 29.8 Å². The van der Waals surface area contributed by atoms with E-state index in [2.05, 4.69) is 106 Å². The van der Waals surface area contributed by atoms with Crippen molar-refractivity contribution in [3.8, 4) is 22.5 Å². The summed E-state index contributed by atoms with van der Waals surface area (Å²) >= 11 is 0. The molecule has 1 aliphatic heterocycles. The van der Waals surface area contributed by atoms with Gasteiger partial charge in [0.25, 0.3) is 6.04 Å². The Balaban J connectivity index is 1.69. The zero-order valence-electron chi connectivity index (χ0n) is 17.8. The summed E-state index contributed by atoms with van der Waals surface area (Å²) in [6.07, 6.45) is 4.03. The van der Waals surface area contributed by atoms with Crippen molar-refractivity contribution < 1.29 is 18.6 Å². The van der Waals surface area contributed by atoms with Crippen molar-refractivity contribution >= 4 is 0 Å². The summed E-state index contributed by atoms with van der Waals surface area (Å²) in [4.78, 5) is 0. The Kier molecular flexibility index (Phi) is 5.33. The van der Waals surface area contributed by atoms with Crippen LogP contribution in [0.25, 0.3) is 22.5 Å². The first kappa shape index (κ1) is 19.6. The maximum Gasteiger partial charge on any atom is 0.330 e. The van der Waals surface area contributed by atoms with Gasteiger partial charge in [-0.25, -0.2) is 0 Å². The minimum Gasteiger partial charge on any atom is -0.380 e. The second-order valence-corrected chi connectivity index (χ2v) is 7.73. The second kappa shape index (κ2) is 8.42. The Labute approximate surface area is 183 Å². The highest BCUT2D eigenvalue weighted by atomic mass is 16.5. The lowest BCUT2D eigenvalue weighted by atomic mass is 10.00. The monoisotopic (exact) mass is 410 g/mol. The highest BCUT2D eigenvalue weighted by Crippen LogP contribution is 2.38. The van der Waals surface area contributed by atoms with Crippen LogP contribution in [0.3, 0.4) is 0 Å². The molecule has 0 aliphatic carbocycles. The van der Waals surface area contributed by atoms with Gasteiger partial charge in [-0.2, -0.15) is 9.13 Å². The largest absolute Gasteiger partial charge is 0.380 e. The van der Waals surface area contributed by atoms with Crippen molar-refractivity contribution in [2.45, 2.75) is 18.9 Å². The number of aromatic nitrogens is 2. The average Bonchev–Trinajstić information content (AvgIpc) is 3.15. The van der Waals surface area contributed by atoms with E-state index < -0.39 is 0 Å². The molecule has 0 amide bonds. The minimum absolute atomic E-state index is 0.0261. The van der Waals surface area contributed by atoms with E-state index in [0.29, 0.717) is 6.61 Å². The van der Waals surface area contributed by atoms with Crippen LogP contribution < -0.4 is 9.13 Å². The zero-order chi connectivity index (χ0) is 21.2. The number of pyridine rings is 2. The molecule has 2 aromatic carbocycles. The third kappa shape index (κ3) is 3.34. The number of rotatable bonds is 6. The maximum atomic E-state index is 6.21. The van der Waals surface area contributed by atoms with E-state index in [1.807, 2.05) is 0 Å². The molecule has 3 heterocycles. The first-order chi connectivity index (χ1) is 15.3. The molecule has 0 fully saturated rings. The van der Waals surface area contributed by atoms with Crippen LogP contribution in [0.4, 0.5) is 0 Å². The number of fused-ring (bicyclic) bond motifs is 3. The lowest BCUT2D eigenvalue weighted by Crippen LogP contribution is -2.53. The van der Waals surface area contributed by atoms with E-state index in [1.165, 1.54) is 16.8 Å². The van der Waals surface area contributed by atoms with E-state index in [-0.39, 0.29) is 12.3 Å². The Morgan fingerprint density at radius 2 is 1.42 bits per heavy atom. The van der Waals surface area contributed by atoms with Crippen LogP contribution in [-0.2, 0) is 16.1 Å². The molecule has 4 heteroatoms. The predicted molar refractivity (Wildman–Crippen MR) is 119 cm³/mol. The Hall–Kier alpha value is -3.34. The lowest BCUT2D eigenvalue weighted by Gasteiger charge is -2.18. The van der Waals surface area contributed by atoms with Crippen LogP contribution in [0.2, 0.25) is 0 Å². The van der Waals surface area contributed by atoms with Crippen molar-refractivity contribution in [3.63, 3.8) is 0 Å². The van der Waals surface area contributed by atoms with Crippen molar-refractivity contribution in [3.05, 3.63) is 108 Å². The van der Waals surface area contributed by atoms with Gasteiger partial charge in [0.15, 0.2) is 12.4 Å². The van der Waals surface area contributed by atoms with Crippen LogP contribution >= 0.6 is 0 Å². The van der Waals surface area contributed by atoms with Crippen molar-refractivity contribution in [1.82, 2.24) is 0 Å². The fourth-order valence-electron chi connectivity index (χ4n) is 4.71. The first-order valence-electron chi connectivity index (χ1n) is 10.5. The van der Waals surface area contributed by atoms with Crippen LogP contribution in [0, 0.1) is 0 Å². The molecule has 2 atom stereocenters.